The average Bonchev–Trinajstić information content (AvgIpc) is 2.18. The third-order valence-electron chi connectivity index (χ3n) is 1.88. The van der Waals surface area contributed by atoms with Crippen LogP contribution in [0.4, 0.5) is 4.39 Å². The van der Waals surface area contributed by atoms with Crippen LogP contribution in [0.2, 0.25) is 0 Å². The van der Waals surface area contributed by atoms with Gasteiger partial charge in [0, 0.05) is 25.6 Å². The van der Waals surface area contributed by atoms with Crippen molar-refractivity contribution in [2.45, 2.75) is 13.0 Å². The molecule has 0 spiro atoms. The number of hydrogen-bond acceptors (Lipinski definition) is 3. The van der Waals surface area contributed by atoms with Crippen molar-refractivity contribution >= 4 is 0 Å². The van der Waals surface area contributed by atoms with Crippen LogP contribution in [0, 0.1) is 5.82 Å². The van der Waals surface area contributed by atoms with Gasteiger partial charge in [-0.1, -0.05) is 0 Å². The van der Waals surface area contributed by atoms with Gasteiger partial charge in [0.1, 0.15) is 11.6 Å². The molecule has 3 nitrogen and oxygen atoms in total. The van der Waals surface area contributed by atoms with Crippen molar-refractivity contribution in [2.75, 3.05) is 20.3 Å². The summed E-state index contributed by atoms with van der Waals surface area (Å²) in [5, 5.41) is 11.5. The summed E-state index contributed by atoms with van der Waals surface area (Å²) in [4.78, 5) is 0. The van der Waals surface area contributed by atoms with Gasteiger partial charge in [-0.2, -0.15) is 0 Å². The molecule has 2 N–H and O–H groups in total. The van der Waals surface area contributed by atoms with Crippen LogP contribution >= 0.6 is 0 Å². The maximum Gasteiger partial charge on any atom is 0.127 e. The number of hydrogen-bond donors (Lipinski definition) is 2. The topological polar surface area (TPSA) is 41.5 Å². The summed E-state index contributed by atoms with van der Waals surface area (Å²) in [6.07, 6.45) is 0.553. The fourth-order valence-corrected chi connectivity index (χ4v) is 1.26. The minimum Gasteiger partial charge on any atom is -0.493 e. The quantitative estimate of drug-likeness (QED) is 0.700. The van der Waals surface area contributed by atoms with Gasteiger partial charge in [-0.05, 0) is 24.7 Å². The molecule has 0 saturated carbocycles. The molecule has 0 fully saturated rings. The standard InChI is InChI=1S/C11H16FNO2/c1-13-8-9-5-10(12)7-11(6-9)15-4-2-3-14/h5-7,13-14H,2-4,8H2,1H3. The normalized spacial score (nSPS) is 10.3. The molecule has 0 aliphatic carbocycles. The predicted molar refractivity (Wildman–Crippen MR) is 56.4 cm³/mol. The molecule has 84 valence electrons. The highest BCUT2D eigenvalue weighted by molar-refractivity contribution is 5.29. The first-order chi connectivity index (χ1) is 7.26. The van der Waals surface area contributed by atoms with Crippen LogP contribution in [0.5, 0.6) is 5.75 Å². The number of ether oxygens (including phenoxy) is 1. The minimum atomic E-state index is -0.304. The zero-order valence-corrected chi connectivity index (χ0v) is 8.79. The first-order valence-corrected chi connectivity index (χ1v) is 4.94. The SMILES string of the molecule is CNCc1cc(F)cc(OCCCO)c1. The second kappa shape index (κ2) is 6.37. The van der Waals surface area contributed by atoms with Gasteiger partial charge in [-0.25, -0.2) is 4.39 Å². The highest BCUT2D eigenvalue weighted by Gasteiger charge is 2.01. The third kappa shape index (κ3) is 4.27. The lowest BCUT2D eigenvalue weighted by Crippen LogP contribution is -2.06. The molecule has 4 heteroatoms. The van der Waals surface area contributed by atoms with E-state index < -0.39 is 0 Å². The molecule has 1 aromatic carbocycles. The van der Waals surface area contributed by atoms with E-state index in [0.717, 1.165) is 5.56 Å². The summed E-state index contributed by atoms with van der Waals surface area (Å²) in [5.74, 6) is 0.204. The van der Waals surface area contributed by atoms with Crippen molar-refractivity contribution in [3.63, 3.8) is 0 Å². The zero-order valence-electron chi connectivity index (χ0n) is 8.79. The van der Waals surface area contributed by atoms with E-state index in [1.54, 1.807) is 13.1 Å². The predicted octanol–water partition coefficient (Wildman–Crippen LogP) is 1.31. The second-order valence-corrected chi connectivity index (χ2v) is 3.25. The lowest BCUT2D eigenvalue weighted by atomic mass is 10.2. The highest BCUT2D eigenvalue weighted by Crippen LogP contribution is 2.16. The number of rotatable bonds is 6. The summed E-state index contributed by atoms with van der Waals surface area (Å²) in [7, 11) is 1.80. The monoisotopic (exact) mass is 213 g/mol. The van der Waals surface area contributed by atoms with E-state index in [9.17, 15) is 4.39 Å². The Kier molecular flexibility index (Phi) is 5.07. The molecule has 0 heterocycles. The maximum absolute atomic E-state index is 13.1. The van der Waals surface area contributed by atoms with Gasteiger partial charge < -0.3 is 15.2 Å². The lowest BCUT2D eigenvalue weighted by molar-refractivity contribution is 0.233. The number of halogens is 1. The number of nitrogens with one attached hydrogen (secondary N) is 1. The minimum absolute atomic E-state index is 0.0820. The van der Waals surface area contributed by atoms with E-state index in [0.29, 0.717) is 25.3 Å². The van der Waals surface area contributed by atoms with Gasteiger partial charge >= 0.3 is 0 Å². The van der Waals surface area contributed by atoms with Gasteiger partial charge in [0.15, 0.2) is 0 Å². The van der Waals surface area contributed by atoms with Crippen molar-refractivity contribution in [3.05, 3.63) is 29.6 Å². The van der Waals surface area contributed by atoms with Crippen molar-refractivity contribution in [1.29, 1.82) is 0 Å². The Labute approximate surface area is 88.9 Å². The van der Waals surface area contributed by atoms with E-state index in [-0.39, 0.29) is 12.4 Å². The van der Waals surface area contributed by atoms with E-state index >= 15 is 0 Å². The molecule has 1 rings (SSSR count). The summed E-state index contributed by atoms with van der Waals surface area (Å²) < 4.78 is 18.4. The number of aliphatic hydroxyl groups excluding tert-OH is 1. The van der Waals surface area contributed by atoms with Gasteiger partial charge in [0.25, 0.3) is 0 Å². The van der Waals surface area contributed by atoms with Crippen LogP contribution in [0.1, 0.15) is 12.0 Å². The smallest absolute Gasteiger partial charge is 0.127 e. The molecule has 0 bridgehead atoms. The first-order valence-electron chi connectivity index (χ1n) is 4.94. The Morgan fingerprint density at radius 2 is 2.20 bits per heavy atom. The Morgan fingerprint density at radius 1 is 1.40 bits per heavy atom. The largest absolute Gasteiger partial charge is 0.493 e. The molecule has 0 atom stereocenters. The Bertz CT molecular complexity index is 305. The Hall–Kier alpha value is -1.13. The maximum atomic E-state index is 13.1. The van der Waals surface area contributed by atoms with Crippen LogP contribution in [0.3, 0.4) is 0 Å². The van der Waals surface area contributed by atoms with Crippen LogP contribution < -0.4 is 10.1 Å². The zero-order chi connectivity index (χ0) is 11.1. The van der Waals surface area contributed by atoms with Crippen LogP contribution in [0.15, 0.2) is 18.2 Å². The van der Waals surface area contributed by atoms with E-state index in [1.807, 2.05) is 0 Å². The molecule has 15 heavy (non-hydrogen) atoms. The third-order valence-corrected chi connectivity index (χ3v) is 1.88. The molecule has 0 aromatic heterocycles. The molecule has 0 radical (unpaired) electrons. The van der Waals surface area contributed by atoms with Crippen molar-refractivity contribution in [1.82, 2.24) is 5.32 Å². The summed E-state index contributed by atoms with van der Waals surface area (Å²) in [6, 6.07) is 4.60. The van der Waals surface area contributed by atoms with Gasteiger partial charge in [0.2, 0.25) is 0 Å². The van der Waals surface area contributed by atoms with E-state index in [4.69, 9.17) is 9.84 Å². The van der Waals surface area contributed by atoms with Gasteiger partial charge in [-0.15, -0.1) is 0 Å². The lowest BCUT2D eigenvalue weighted by Gasteiger charge is -2.07. The summed E-state index contributed by atoms with van der Waals surface area (Å²) >= 11 is 0. The Balaban J connectivity index is 2.62. The van der Waals surface area contributed by atoms with Crippen LogP contribution in [0.25, 0.3) is 0 Å². The summed E-state index contributed by atoms with van der Waals surface area (Å²) in [5.41, 5.74) is 0.844. The average molecular weight is 213 g/mol. The molecular weight excluding hydrogens is 197 g/mol. The van der Waals surface area contributed by atoms with Crippen molar-refractivity contribution in [2.24, 2.45) is 0 Å². The van der Waals surface area contributed by atoms with Crippen LogP contribution in [-0.2, 0) is 6.54 Å². The van der Waals surface area contributed by atoms with Crippen molar-refractivity contribution in [3.8, 4) is 5.75 Å². The Morgan fingerprint density at radius 3 is 2.87 bits per heavy atom. The van der Waals surface area contributed by atoms with Crippen LogP contribution in [-0.4, -0.2) is 25.4 Å². The first kappa shape index (κ1) is 11.9. The van der Waals surface area contributed by atoms with Crippen molar-refractivity contribution < 1.29 is 14.2 Å². The molecule has 0 aliphatic heterocycles. The molecule has 0 saturated heterocycles. The summed E-state index contributed by atoms with van der Waals surface area (Å²) in [6.45, 7) is 1.09. The molecule has 0 amide bonds. The molecule has 0 aliphatic rings. The molecule has 0 unspecified atom stereocenters. The highest BCUT2D eigenvalue weighted by atomic mass is 19.1. The number of aliphatic hydroxyl groups is 1. The molecular formula is C11H16FNO2. The van der Waals surface area contributed by atoms with Gasteiger partial charge in [-0.3, -0.25) is 0 Å². The van der Waals surface area contributed by atoms with Gasteiger partial charge in [0.05, 0.1) is 6.61 Å². The number of benzene rings is 1. The fourth-order valence-electron chi connectivity index (χ4n) is 1.26. The van der Waals surface area contributed by atoms with E-state index in [2.05, 4.69) is 5.32 Å². The second-order valence-electron chi connectivity index (χ2n) is 3.25. The fraction of sp³-hybridized carbons (Fsp3) is 0.455. The molecule has 1 aromatic rings. The van der Waals surface area contributed by atoms with E-state index in [1.165, 1.54) is 12.1 Å².